The summed E-state index contributed by atoms with van der Waals surface area (Å²) >= 11 is 0. The first kappa shape index (κ1) is 41.9. The number of epoxide rings is 1. The average Bonchev–Trinajstić information content (AvgIpc) is 3.81. The second-order valence-electron chi connectivity index (χ2n) is 15.3. The quantitative estimate of drug-likeness (QED) is 0.108. The van der Waals surface area contributed by atoms with Crippen LogP contribution in [0.4, 0.5) is 4.79 Å². The van der Waals surface area contributed by atoms with Crippen molar-refractivity contribution in [3.63, 3.8) is 0 Å². The van der Waals surface area contributed by atoms with Crippen molar-refractivity contribution < 1.29 is 48.7 Å². The van der Waals surface area contributed by atoms with Gasteiger partial charge in [-0.25, -0.2) is 4.79 Å². The molecule has 286 valence electrons. The molecule has 11 atom stereocenters. The Morgan fingerprint density at radius 2 is 1.84 bits per heavy atom. The molecule has 0 aromatic heterocycles. The summed E-state index contributed by atoms with van der Waals surface area (Å²) in [5, 5.41) is 32.1. The van der Waals surface area contributed by atoms with Gasteiger partial charge in [0.05, 0.1) is 36.4 Å². The second kappa shape index (κ2) is 18.8. The highest BCUT2D eigenvalue weighted by Crippen LogP contribution is 2.38. The normalized spacial score (nSPS) is 33.6. The predicted octanol–water partition coefficient (Wildman–Crippen LogP) is 4.39. The number of rotatable bonds is 13. The van der Waals surface area contributed by atoms with Crippen LogP contribution in [0.3, 0.4) is 0 Å². The van der Waals surface area contributed by atoms with Gasteiger partial charge in [0.2, 0.25) is 0 Å². The van der Waals surface area contributed by atoms with Crippen molar-refractivity contribution in [3.05, 3.63) is 24.3 Å². The van der Waals surface area contributed by atoms with E-state index < -0.39 is 53.6 Å². The lowest BCUT2D eigenvalue weighted by molar-refractivity contribution is -0.159. The highest BCUT2D eigenvalue weighted by molar-refractivity contribution is 5.70. The van der Waals surface area contributed by atoms with E-state index in [1.54, 1.807) is 30.9 Å². The van der Waals surface area contributed by atoms with Gasteiger partial charge < -0.3 is 39.2 Å². The summed E-state index contributed by atoms with van der Waals surface area (Å²) in [4.78, 5) is 42.8. The third-order valence-corrected chi connectivity index (χ3v) is 10.5. The summed E-state index contributed by atoms with van der Waals surface area (Å²) < 4.78 is 23.6. The monoisotopic (exact) mass is 708 g/mol. The summed E-state index contributed by atoms with van der Waals surface area (Å²) in [6, 6.07) is 0. The van der Waals surface area contributed by atoms with Crippen molar-refractivity contribution in [2.45, 2.75) is 148 Å². The molecule has 12 heteroatoms. The Morgan fingerprint density at radius 3 is 2.46 bits per heavy atom. The fourth-order valence-corrected chi connectivity index (χ4v) is 7.13. The van der Waals surface area contributed by atoms with Gasteiger partial charge in [-0.05, 0) is 64.5 Å². The molecule has 0 aromatic rings. The van der Waals surface area contributed by atoms with Gasteiger partial charge >= 0.3 is 18.0 Å². The Kier molecular flexibility index (Phi) is 15.8. The minimum atomic E-state index is -1.31. The highest BCUT2D eigenvalue weighted by Gasteiger charge is 2.47. The van der Waals surface area contributed by atoms with Crippen LogP contribution in [0.5, 0.6) is 0 Å². The van der Waals surface area contributed by atoms with Crippen LogP contribution < -0.4 is 0 Å². The molecule has 50 heavy (non-hydrogen) atoms. The number of cyclic esters (lactones) is 1. The maximum atomic E-state index is 13.4. The molecule has 3 aliphatic rings. The minimum Gasteiger partial charge on any atom is -0.461 e. The van der Waals surface area contributed by atoms with E-state index in [2.05, 4.69) is 11.8 Å². The Morgan fingerprint density at radius 1 is 1.16 bits per heavy atom. The van der Waals surface area contributed by atoms with E-state index in [1.165, 1.54) is 6.92 Å². The zero-order valence-electron chi connectivity index (χ0n) is 31.6. The molecule has 0 aromatic carbocycles. The average molecular weight is 709 g/mol. The van der Waals surface area contributed by atoms with Crippen LogP contribution in [0.2, 0.25) is 0 Å². The van der Waals surface area contributed by atoms with Crippen molar-refractivity contribution in [2.24, 2.45) is 17.8 Å². The molecule has 0 radical (unpaired) electrons. The Bertz CT molecular complexity index is 1170. The van der Waals surface area contributed by atoms with Crippen LogP contribution in [0.15, 0.2) is 24.3 Å². The first-order chi connectivity index (χ1) is 23.5. The predicted molar refractivity (Wildman–Crippen MR) is 189 cm³/mol. The highest BCUT2D eigenvalue weighted by atomic mass is 16.6. The molecule has 1 unspecified atom stereocenters. The number of allylic oxidation sites excluding steroid dienone is 1. The zero-order valence-corrected chi connectivity index (χ0v) is 31.6. The van der Waals surface area contributed by atoms with Gasteiger partial charge in [0.15, 0.2) is 11.7 Å². The standard InChI is InChI=1S/C38H64N2O10/c1-9-18-39-19-21-40(22-20-39)36(45)50-38(8)17-15-29(42)23-33(44)49-34(26(4)13-14-32(38)47-28(6)41)25(3)12-11-16-37(7,46)24-31-35(48-31)27(5)30(43)10-2/h11,13-14,16,25-27,29-32,34-35,42-43,46H,9-10,12,15,17-24H2,1-8H3/b14-13+,16-11+/t25?,26-,27+,29+,30-,31+,32-,34+,35+,37-,38+/m0/s1. The van der Waals surface area contributed by atoms with Gasteiger partial charge in [0, 0.05) is 51.4 Å². The molecule has 3 heterocycles. The van der Waals surface area contributed by atoms with Crippen molar-refractivity contribution in [3.8, 4) is 0 Å². The third kappa shape index (κ3) is 12.6. The van der Waals surface area contributed by atoms with E-state index in [-0.39, 0.29) is 49.2 Å². The van der Waals surface area contributed by atoms with Crippen LogP contribution >= 0.6 is 0 Å². The van der Waals surface area contributed by atoms with E-state index in [9.17, 15) is 29.7 Å². The van der Waals surface area contributed by atoms with E-state index in [0.29, 0.717) is 32.4 Å². The lowest BCUT2D eigenvalue weighted by Crippen LogP contribution is -2.53. The number of carbonyl (C=O) groups excluding carboxylic acids is 3. The molecule has 0 saturated carbocycles. The van der Waals surface area contributed by atoms with E-state index in [4.69, 9.17) is 18.9 Å². The molecule has 3 aliphatic heterocycles. The minimum absolute atomic E-state index is 0.00881. The number of ether oxygens (including phenoxy) is 4. The number of nitrogens with zero attached hydrogens (tertiary/aromatic N) is 2. The third-order valence-electron chi connectivity index (χ3n) is 10.5. The van der Waals surface area contributed by atoms with Gasteiger partial charge in [-0.2, -0.15) is 0 Å². The van der Waals surface area contributed by atoms with Gasteiger partial charge in [0.1, 0.15) is 6.10 Å². The van der Waals surface area contributed by atoms with Crippen molar-refractivity contribution in [2.75, 3.05) is 32.7 Å². The lowest BCUT2D eigenvalue weighted by atomic mass is 9.86. The maximum absolute atomic E-state index is 13.4. The largest absolute Gasteiger partial charge is 0.461 e. The number of hydrogen-bond acceptors (Lipinski definition) is 11. The second-order valence-corrected chi connectivity index (χ2v) is 15.3. The Hall–Kier alpha value is -2.51. The summed E-state index contributed by atoms with van der Waals surface area (Å²) in [5.41, 5.74) is -2.44. The van der Waals surface area contributed by atoms with Crippen LogP contribution in [0.25, 0.3) is 0 Å². The van der Waals surface area contributed by atoms with Crippen LogP contribution in [-0.2, 0) is 28.5 Å². The molecule has 0 spiro atoms. The topological polar surface area (TPSA) is 159 Å². The first-order valence-electron chi connectivity index (χ1n) is 18.7. The fraction of sp³-hybridized carbons (Fsp3) is 0.816. The first-order valence-corrected chi connectivity index (χ1v) is 18.7. The van der Waals surface area contributed by atoms with E-state index >= 15 is 0 Å². The van der Waals surface area contributed by atoms with Crippen LogP contribution in [0, 0.1) is 17.8 Å². The number of aliphatic hydroxyl groups is 3. The molecule has 2 saturated heterocycles. The fourth-order valence-electron chi connectivity index (χ4n) is 7.13. The molecule has 0 bridgehead atoms. The zero-order chi connectivity index (χ0) is 37.2. The smallest absolute Gasteiger partial charge is 0.410 e. The van der Waals surface area contributed by atoms with Gasteiger partial charge in [0.25, 0.3) is 0 Å². The number of aliphatic hydroxyl groups excluding tert-OH is 2. The summed E-state index contributed by atoms with van der Waals surface area (Å²) in [6.07, 6.45) is 5.98. The van der Waals surface area contributed by atoms with Crippen molar-refractivity contribution in [1.29, 1.82) is 0 Å². The maximum Gasteiger partial charge on any atom is 0.410 e. The molecular formula is C38H64N2O10. The van der Waals surface area contributed by atoms with Crippen molar-refractivity contribution >= 4 is 18.0 Å². The summed E-state index contributed by atoms with van der Waals surface area (Å²) in [6.45, 7) is 18.1. The Labute approximate surface area is 299 Å². The van der Waals surface area contributed by atoms with Crippen molar-refractivity contribution in [1.82, 2.24) is 9.80 Å². The van der Waals surface area contributed by atoms with E-state index in [1.807, 2.05) is 39.8 Å². The molecule has 0 aliphatic carbocycles. The van der Waals surface area contributed by atoms with Gasteiger partial charge in [-0.3, -0.25) is 14.5 Å². The van der Waals surface area contributed by atoms with Gasteiger partial charge in [-0.15, -0.1) is 0 Å². The number of hydrogen-bond donors (Lipinski definition) is 3. The molecule has 12 nitrogen and oxygen atoms in total. The van der Waals surface area contributed by atoms with E-state index in [0.717, 1.165) is 26.1 Å². The number of piperazine rings is 1. The summed E-state index contributed by atoms with van der Waals surface area (Å²) in [5.74, 6) is -1.60. The van der Waals surface area contributed by atoms with Crippen LogP contribution in [-0.4, -0.2) is 124 Å². The molecule has 3 N–H and O–H groups in total. The number of esters is 2. The Balaban J connectivity index is 1.74. The van der Waals surface area contributed by atoms with Gasteiger partial charge in [-0.1, -0.05) is 52.8 Å². The molecule has 2 fully saturated rings. The number of amides is 1. The number of carbonyl (C=O) groups is 3. The SMILES string of the molecule is CCCN1CCN(C(=O)O[C@]2(C)CC[C@@H](O)CC(=O)O[C@H](C(C)C/C=C/[C@](C)(O)C[C@H]3O[C@@H]3[C@H](C)[C@@H](O)CC)[C@@H](C)/C=C/[C@@H]2OC(C)=O)CC1. The summed E-state index contributed by atoms with van der Waals surface area (Å²) in [7, 11) is 0. The molecule has 3 rings (SSSR count). The molecular weight excluding hydrogens is 644 g/mol. The lowest BCUT2D eigenvalue weighted by Gasteiger charge is -2.40. The molecule has 1 amide bonds. The van der Waals surface area contributed by atoms with Crippen LogP contribution in [0.1, 0.15) is 100 Å².